The van der Waals surface area contributed by atoms with Crippen LogP contribution in [0.2, 0.25) is 0 Å². The maximum atomic E-state index is 10.9. The zero-order valence-electron chi connectivity index (χ0n) is 8.17. The number of nitrogens with two attached hydrogens (primary N) is 1. The lowest BCUT2D eigenvalue weighted by atomic mass is 9.98. The van der Waals surface area contributed by atoms with Gasteiger partial charge in [0.1, 0.15) is 5.54 Å². The van der Waals surface area contributed by atoms with Crippen molar-refractivity contribution in [3.8, 4) is 0 Å². The lowest BCUT2D eigenvalue weighted by Crippen LogP contribution is -2.51. The van der Waals surface area contributed by atoms with Crippen LogP contribution in [0.15, 0.2) is 0 Å². The summed E-state index contributed by atoms with van der Waals surface area (Å²) in [6, 6.07) is 0. The van der Waals surface area contributed by atoms with Gasteiger partial charge in [0.25, 0.3) is 0 Å². The Morgan fingerprint density at radius 1 is 1.69 bits per heavy atom. The molecule has 0 aromatic rings. The SMILES string of the molecule is COCCC(C)(NCCN)C(=O)O. The molecule has 0 heterocycles. The van der Waals surface area contributed by atoms with E-state index in [0.29, 0.717) is 26.1 Å². The van der Waals surface area contributed by atoms with Gasteiger partial charge in [-0.05, 0) is 13.3 Å². The standard InChI is InChI=1S/C8H18N2O3/c1-8(7(11)12,3-6-13-2)10-5-4-9/h10H,3-6,9H2,1-2H3,(H,11,12). The van der Waals surface area contributed by atoms with Crippen molar-refractivity contribution in [3.63, 3.8) is 0 Å². The Kier molecular flexibility index (Phi) is 5.61. The molecule has 5 heteroatoms. The zero-order valence-corrected chi connectivity index (χ0v) is 8.17. The number of ether oxygens (including phenoxy) is 1. The van der Waals surface area contributed by atoms with Gasteiger partial charge < -0.3 is 20.9 Å². The van der Waals surface area contributed by atoms with E-state index in [1.165, 1.54) is 0 Å². The van der Waals surface area contributed by atoms with Crippen molar-refractivity contribution in [2.45, 2.75) is 18.9 Å². The first-order valence-electron chi connectivity index (χ1n) is 4.24. The molecule has 0 saturated heterocycles. The minimum atomic E-state index is -0.935. The van der Waals surface area contributed by atoms with Crippen LogP contribution in [0.3, 0.4) is 0 Å². The Hall–Kier alpha value is -0.650. The second-order valence-electron chi connectivity index (χ2n) is 3.10. The molecule has 4 N–H and O–H groups in total. The largest absolute Gasteiger partial charge is 0.480 e. The Morgan fingerprint density at radius 3 is 2.69 bits per heavy atom. The van der Waals surface area contributed by atoms with Crippen LogP contribution in [0.25, 0.3) is 0 Å². The number of carboxylic acids is 1. The molecule has 1 atom stereocenters. The predicted molar refractivity (Wildman–Crippen MR) is 49.6 cm³/mol. The average molecular weight is 190 g/mol. The Bertz CT molecular complexity index is 153. The van der Waals surface area contributed by atoms with E-state index in [1.54, 1.807) is 14.0 Å². The topological polar surface area (TPSA) is 84.6 Å². The molecule has 13 heavy (non-hydrogen) atoms. The van der Waals surface area contributed by atoms with E-state index in [0.717, 1.165) is 0 Å². The number of aliphatic carboxylic acids is 1. The molecule has 0 aliphatic heterocycles. The number of carboxylic acid groups (broad SMARTS) is 1. The Labute approximate surface area is 78.3 Å². The highest BCUT2D eigenvalue weighted by Crippen LogP contribution is 2.09. The quantitative estimate of drug-likeness (QED) is 0.500. The highest BCUT2D eigenvalue weighted by molar-refractivity contribution is 5.78. The number of hydrogen-bond acceptors (Lipinski definition) is 4. The first-order chi connectivity index (χ1) is 6.06. The summed E-state index contributed by atoms with van der Waals surface area (Å²) in [7, 11) is 1.55. The molecule has 0 aliphatic rings. The van der Waals surface area contributed by atoms with Crippen molar-refractivity contribution in [3.05, 3.63) is 0 Å². The number of carbonyl (C=O) groups is 1. The fourth-order valence-electron chi connectivity index (χ4n) is 0.925. The van der Waals surface area contributed by atoms with Crippen molar-refractivity contribution >= 4 is 5.97 Å². The van der Waals surface area contributed by atoms with Crippen LogP contribution in [0.1, 0.15) is 13.3 Å². The van der Waals surface area contributed by atoms with Gasteiger partial charge >= 0.3 is 5.97 Å². The summed E-state index contributed by atoms with van der Waals surface area (Å²) in [5.74, 6) is -0.877. The van der Waals surface area contributed by atoms with Crippen molar-refractivity contribution in [1.29, 1.82) is 0 Å². The third-order valence-electron chi connectivity index (χ3n) is 1.94. The first kappa shape index (κ1) is 12.3. The van der Waals surface area contributed by atoms with E-state index in [2.05, 4.69) is 5.32 Å². The van der Waals surface area contributed by atoms with Crippen LogP contribution in [-0.2, 0) is 9.53 Å². The van der Waals surface area contributed by atoms with Crippen LogP contribution in [0.4, 0.5) is 0 Å². The molecule has 0 aromatic carbocycles. The molecule has 0 aromatic heterocycles. The minimum Gasteiger partial charge on any atom is -0.480 e. The molecular weight excluding hydrogens is 172 g/mol. The number of rotatable bonds is 7. The predicted octanol–water partition coefficient (Wildman–Crippen LogP) is -0.585. The molecule has 78 valence electrons. The van der Waals surface area contributed by atoms with Crippen molar-refractivity contribution in [2.75, 3.05) is 26.8 Å². The lowest BCUT2D eigenvalue weighted by molar-refractivity contribution is -0.144. The van der Waals surface area contributed by atoms with Crippen LogP contribution in [0.5, 0.6) is 0 Å². The van der Waals surface area contributed by atoms with E-state index < -0.39 is 11.5 Å². The molecule has 5 nitrogen and oxygen atoms in total. The van der Waals surface area contributed by atoms with E-state index in [1.807, 2.05) is 0 Å². The summed E-state index contributed by atoms with van der Waals surface area (Å²) in [5.41, 5.74) is 4.34. The molecular formula is C8H18N2O3. The van der Waals surface area contributed by atoms with Crippen LogP contribution < -0.4 is 11.1 Å². The average Bonchev–Trinajstić information content (AvgIpc) is 2.11. The van der Waals surface area contributed by atoms with Gasteiger partial charge in [-0.2, -0.15) is 0 Å². The lowest BCUT2D eigenvalue weighted by Gasteiger charge is -2.25. The third kappa shape index (κ3) is 4.21. The molecule has 0 saturated carbocycles. The maximum absolute atomic E-state index is 10.9. The summed E-state index contributed by atoms with van der Waals surface area (Å²) < 4.78 is 4.83. The summed E-state index contributed by atoms with van der Waals surface area (Å²) in [6.07, 6.45) is 0.429. The summed E-state index contributed by atoms with van der Waals surface area (Å²) in [6.45, 7) is 2.97. The minimum absolute atomic E-state index is 0.417. The smallest absolute Gasteiger partial charge is 0.323 e. The summed E-state index contributed by atoms with van der Waals surface area (Å²) in [5, 5.41) is 11.8. The van der Waals surface area contributed by atoms with Crippen LogP contribution >= 0.6 is 0 Å². The van der Waals surface area contributed by atoms with Gasteiger partial charge in [0.2, 0.25) is 0 Å². The molecule has 0 amide bonds. The molecule has 0 spiro atoms. The fourth-order valence-corrected chi connectivity index (χ4v) is 0.925. The van der Waals surface area contributed by atoms with E-state index >= 15 is 0 Å². The van der Waals surface area contributed by atoms with Gasteiger partial charge in [-0.1, -0.05) is 0 Å². The van der Waals surface area contributed by atoms with Crippen molar-refractivity contribution in [1.82, 2.24) is 5.32 Å². The van der Waals surface area contributed by atoms with Gasteiger partial charge in [-0.15, -0.1) is 0 Å². The number of methoxy groups -OCH3 is 1. The molecule has 0 radical (unpaired) electrons. The van der Waals surface area contributed by atoms with Crippen LogP contribution in [0, 0.1) is 0 Å². The molecule has 0 fully saturated rings. The number of hydrogen-bond donors (Lipinski definition) is 3. The summed E-state index contributed by atoms with van der Waals surface area (Å²) >= 11 is 0. The second-order valence-corrected chi connectivity index (χ2v) is 3.10. The number of nitrogens with one attached hydrogen (secondary N) is 1. The van der Waals surface area contributed by atoms with Crippen molar-refractivity contribution in [2.24, 2.45) is 5.73 Å². The normalized spacial score (nSPS) is 15.3. The van der Waals surface area contributed by atoms with Gasteiger partial charge in [0.05, 0.1) is 0 Å². The second kappa shape index (κ2) is 5.90. The third-order valence-corrected chi connectivity index (χ3v) is 1.94. The van der Waals surface area contributed by atoms with Gasteiger partial charge in [-0.3, -0.25) is 4.79 Å². The van der Waals surface area contributed by atoms with Gasteiger partial charge in [-0.25, -0.2) is 0 Å². The maximum Gasteiger partial charge on any atom is 0.323 e. The molecule has 0 aliphatic carbocycles. The monoisotopic (exact) mass is 190 g/mol. The van der Waals surface area contributed by atoms with E-state index in [4.69, 9.17) is 15.6 Å². The van der Waals surface area contributed by atoms with Crippen molar-refractivity contribution < 1.29 is 14.6 Å². The van der Waals surface area contributed by atoms with Gasteiger partial charge in [0.15, 0.2) is 0 Å². The molecule has 0 rings (SSSR count). The Morgan fingerprint density at radius 2 is 2.31 bits per heavy atom. The molecule has 1 unspecified atom stereocenters. The van der Waals surface area contributed by atoms with E-state index in [9.17, 15) is 4.79 Å². The van der Waals surface area contributed by atoms with Gasteiger partial charge in [0, 0.05) is 26.8 Å². The summed E-state index contributed by atoms with van der Waals surface area (Å²) in [4.78, 5) is 10.9. The van der Waals surface area contributed by atoms with Crippen LogP contribution in [-0.4, -0.2) is 43.4 Å². The fraction of sp³-hybridized carbons (Fsp3) is 0.875. The molecule has 0 bridgehead atoms. The Balaban J connectivity index is 4.08. The first-order valence-corrected chi connectivity index (χ1v) is 4.24. The highest BCUT2D eigenvalue weighted by Gasteiger charge is 2.31. The highest BCUT2D eigenvalue weighted by atomic mass is 16.5. The zero-order chi connectivity index (χ0) is 10.3. The van der Waals surface area contributed by atoms with E-state index in [-0.39, 0.29) is 0 Å².